The van der Waals surface area contributed by atoms with Crippen molar-refractivity contribution in [3.63, 3.8) is 0 Å². The molecule has 9 heteroatoms. The number of allylic oxidation sites excluding steroid dienone is 1. The number of rotatable bonds is 7. The molecule has 3 heterocycles. The molecule has 1 aromatic carbocycles. The summed E-state index contributed by atoms with van der Waals surface area (Å²) in [6.07, 6.45) is 9.34. The summed E-state index contributed by atoms with van der Waals surface area (Å²) in [5, 5.41) is 24.3. The summed E-state index contributed by atoms with van der Waals surface area (Å²) in [5.74, 6) is -0.302. The van der Waals surface area contributed by atoms with Crippen LogP contribution in [0.25, 0.3) is 0 Å². The molecule has 29 heavy (non-hydrogen) atoms. The first-order valence-corrected chi connectivity index (χ1v) is 9.61. The second-order valence-corrected chi connectivity index (χ2v) is 6.65. The predicted octanol–water partition coefficient (Wildman–Crippen LogP) is 1.79. The fraction of sp³-hybridized carbons (Fsp3) is 0.300. The van der Waals surface area contributed by atoms with E-state index in [0.717, 1.165) is 36.7 Å². The van der Waals surface area contributed by atoms with Crippen LogP contribution in [0.15, 0.2) is 65.6 Å². The van der Waals surface area contributed by atoms with Gasteiger partial charge >= 0.3 is 0 Å². The highest BCUT2D eigenvalue weighted by Gasteiger charge is 2.39. The van der Waals surface area contributed by atoms with Crippen LogP contribution in [0.3, 0.4) is 0 Å². The maximum absolute atomic E-state index is 10.1. The SMILES string of the molecule is CCN1/C(=C(/C#N)C2(NCCCn3cncn3)N=CC=CN2)Nc2ccccc21. The monoisotopic (exact) mass is 389 g/mol. The van der Waals surface area contributed by atoms with Gasteiger partial charge in [0.2, 0.25) is 5.79 Å². The maximum Gasteiger partial charge on any atom is 0.224 e. The van der Waals surface area contributed by atoms with Crippen LogP contribution in [0.4, 0.5) is 11.4 Å². The molecular weight excluding hydrogens is 366 g/mol. The highest BCUT2D eigenvalue weighted by molar-refractivity contribution is 5.82. The lowest BCUT2D eigenvalue weighted by molar-refractivity contribution is 0.351. The molecule has 0 saturated carbocycles. The van der Waals surface area contributed by atoms with Gasteiger partial charge in [-0.1, -0.05) is 12.1 Å². The van der Waals surface area contributed by atoms with Gasteiger partial charge in [-0.15, -0.1) is 0 Å². The number of nitrogens with one attached hydrogen (secondary N) is 3. The Morgan fingerprint density at radius 2 is 2.24 bits per heavy atom. The van der Waals surface area contributed by atoms with E-state index < -0.39 is 5.79 Å². The molecule has 3 N–H and O–H groups in total. The Hall–Kier alpha value is -3.64. The third kappa shape index (κ3) is 3.58. The molecule has 2 aliphatic heterocycles. The summed E-state index contributed by atoms with van der Waals surface area (Å²) in [5.41, 5.74) is 2.51. The van der Waals surface area contributed by atoms with Gasteiger partial charge in [0.1, 0.15) is 30.1 Å². The molecule has 1 atom stereocenters. The molecule has 9 nitrogen and oxygen atoms in total. The van der Waals surface area contributed by atoms with Crippen LogP contribution in [0.5, 0.6) is 0 Å². The van der Waals surface area contributed by atoms with Gasteiger partial charge in [0.25, 0.3) is 0 Å². The Labute approximate surface area is 169 Å². The molecule has 0 aliphatic carbocycles. The Bertz CT molecular complexity index is 984. The molecule has 1 unspecified atom stereocenters. The quantitative estimate of drug-likeness (QED) is 0.490. The number of nitrogens with zero attached hydrogens (tertiary/aromatic N) is 6. The Morgan fingerprint density at radius 1 is 1.34 bits per heavy atom. The van der Waals surface area contributed by atoms with Crippen LogP contribution in [-0.2, 0) is 6.54 Å². The van der Waals surface area contributed by atoms with Gasteiger partial charge in [-0.3, -0.25) is 10.00 Å². The van der Waals surface area contributed by atoms with E-state index in [0.29, 0.717) is 12.1 Å². The van der Waals surface area contributed by atoms with Crippen molar-refractivity contribution in [1.29, 1.82) is 5.26 Å². The third-order valence-electron chi connectivity index (χ3n) is 4.90. The lowest BCUT2D eigenvalue weighted by atomic mass is 10.1. The first kappa shape index (κ1) is 18.7. The minimum Gasteiger partial charge on any atom is -0.351 e. The van der Waals surface area contributed by atoms with Crippen molar-refractivity contribution in [1.82, 2.24) is 25.4 Å². The van der Waals surface area contributed by atoms with Gasteiger partial charge in [0.15, 0.2) is 0 Å². The number of aromatic nitrogens is 3. The summed E-state index contributed by atoms with van der Waals surface area (Å²) in [7, 11) is 0. The topological polar surface area (TPSA) is 106 Å². The van der Waals surface area contributed by atoms with Crippen molar-refractivity contribution >= 4 is 17.6 Å². The van der Waals surface area contributed by atoms with Crippen molar-refractivity contribution in [2.45, 2.75) is 25.7 Å². The molecule has 4 rings (SSSR count). The summed E-state index contributed by atoms with van der Waals surface area (Å²) in [6.45, 7) is 4.16. The van der Waals surface area contributed by atoms with E-state index in [1.54, 1.807) is 23.4 Å². The third-order valence-corrected chi connectivity index (χ3v) is 4.90. The zero-order chi connectivity index (χ0) is 20.1. The van der Waals surface area contributed by atoms with Crippen molar-refractivity contribution in [2.75, 3.05) is 23.3 Å². The Morgan fingerprint density at radius 3 is 2.97 bits per heavy atom. The van der Waals surface area contributed by atoms with E-state index in [-0.39, 0.29) is 0 Å². The standard InChI is InChI=1S/C20H23N9/c1-2-29-18-8-4-3-7-17(18)27-19(29)16(13-21)20(23-9-5-10-24-20)25-11-6-12-28-15-22-14-26-28/h3-5,7-10,14-15,23,25,27H,2,6,11-12H2,1H3/b19-16-. The molecule has 0 saturated heterocycles. The van der Waals surface area contributed by atoms with Gasteiger partial charge in [-0.2, -0.15) is 10.4 Å². The molecule has 0 radical (unpaired) electrons. The van der Waals surface area contributed by atoms with Crippen molar-refractivity contribution in [2.24, 2.45) is 4.99 Å². The Balaban J connectivity index is 1.61. The molecule has 2 aliphatic rings. The van der Waals surface area contributed by atoms with Crippen LogP contribution in [0.1, 0.15) is 13.3 Å². The van der Waals surface area contributed by atoms with Gasteiger partial charge in [-0.25, -0.2) is 9.98 Å². The van der Waals surface area contributed by atoms with E-state index in [1.165, 1.54) is 6.33 Å². The summed E-state index contributed by atoms with van der Waals surface area (Å²) in [6, 6.07) is 10.4. The van der Waals surface area contributed by atoms with E-state index in [1.807, 2.05) is 30.3 Å². The van der Waals surface area contributed by atoms with Crippen molar-refractivity contribution in [3.05, 3.63) is 60.6 Å². The van der Waals surface area contributed by atoms with E-state index in [4.69, 9.17) is 0 Å². The minimum absolute atomic E-state index is 0.483. The number of fused-ring (bicyclic) bond motifs is 1. The van der Waals surface area contributed by atoms with Crippen LogP contribution in [-0.4, -0.2) is 39.9 Å². The maximum atomic E-state index is 10.1. The van der Waals surface area contributed by atoms with Crippen LogP contribution >= 0.6 is 0 Å². The zero-order valence-electron chi connectivity index (χ0n) is 16.2. The van der Waals surface area contributed by atoms with Crippen LogP contribution < -0.4 is 20.9 Å². The summed E-state index contributed by atoms with van der Waals surface area (Å²) < 4.78 is 1.78. The summed E-state index contributed by atoms with van der Waals surface area (Å²) >= 11 is 0. The molecule has 0 bridgehead atoms. The first-order chi connectivity index (χ1) is 14.3. The minimum atomic E-state index is -1.04. The number of anilines is 2. The van der Waals surface area contributed by atoms with Gasteiger partial charge in [-0.05, 0) is 31.6 Å². The van der Waals surface area contributed by atoms with Gasteiger partial charge in [0.05, 0.1) is 11.4 Å². The Kier molecular flexibility index (Phi) is 5.27. The predicted molar refractivity (Wildman–Crippen MR) is 112 cm³/mol. The normalized spacial score (nSPS) is 21.3. The average Bonchev–Trinajstić information content (AvgIpc) is 3.40. The van der Waals surface area contributed by atoms with E-state index in [9.17, 15) is 5.26 Å². The van der Waals surface area contributed by atoms with Crippen LogP contribution in [0, 0.1) is 11.3 Å². The highest BCUT2D eigenvalue weighted by Crippen LogP contribution is 2.38. The zero-order valence-corrected chi connectivity index (χ0v) is 16.2. The average molecular weight is 389 g/mol. The lowest BCUT2D eigenvalue weighted by Gasteiger charge is -2.34. The number of aliphatic imine (C=N–C) groups is 1. The number of nitriles is 1. The number of hydrogen-bond acceptors (Lipinski definition) is 8. The van der Waals surface area contributed by atoms with Crippen LogP contribution in [0.2, 0.25) is 0 Å². The molecule has 1 aromatic heterocycles. The second kappa shape index (κ2) is 8.16. The summed E-state index contributed by atoms with van der Waals surface area (Å²) in [4.78, 5) is 10.7. The fourth-order valence-electron chi connectivity index (χ4n) is 3.55. The number of hydrogen-bond donors (Lipinski definition) is 3. The smallest absolute Gasteiger partial charge is 0.224 e. The van der Waals surface area contributed by atoms with Gasteiger partial charge in [0, 0.05) is 32.0 Å². The molecule has 0 spiro atoms. The van der Waals surface area contributed by atoms with E-state index in [2.05, 4.69) is 48.9 Å². The number of aryl methyl sites for hydroxylation is 1. The molecular formula is C20H23N9. The molecule has 0 amide bonds. The van der Waals surface area contributed by atoms with Crippen molar-refractivity contribution in [3.8, 4) is 6.07 Å². The lowest BCUT2D eigenvalue weighted by Crippen LogP contribution is -2.57. The second-order valence-electron chi connectivity index (χ2n) is 6.65. The van der Waals surface area contributed by atoms with Gasteiger partial charge < -0.3 is 15.5 Å². The number of para-hydroxylation sites is 2. The largest absolute Gasteiger partial charge is 0.351 e. The molecule has 0 fully saturated rings. The molecule has 2 aromatic rings. The fourth-order valence-corrected chi connectivity index (χ4v) is 3.55. The van der Waals surface area contributed by atoms with Crippen molar-refractivity contribution < 1.29 is 0 Å². The highest BCUT2D eigenvalue weighted by atomic mass is 15.4. The number of benzene rings is 1. The molecule has 148 valence electrons. The first-order valence-electron chi connectivity index (χ1n) is 9.61. The van der Waals surface area contributed by atoms with E-state index >= 15 is 0 Å².